The van der Waals surface area contributed by atoms with Crippen LogP contribution in [-0.2, 0) is 28.4 Å². The van der Waals surface area contributed by atoms with Gasteiger partial charge in [0.05, 0.1) is 12.0 Å². The number of hydrogen-bond acceptors (Lipinski definition) is 6. The maximum atomic E-state index is 13.5. The molecule has 1 N–H and O–H groups in total. The van der Waals surface area contributed by atoms with E-state index in [0.717, 1.165) is 41.0 Å². The Hall–Kier alpha value is -3.21. The Kier molecular flexibility index (Phi) is 8.80. The molecule has 0 atom stereocenters. The predicted molar refractivity (Wildman–Crippen MR) is 139 cm³/mol. The molecule has 3 aromatic rings. The van der Waals surface area contributed by atoms with E-state index in [1.165, 1.54) is 23.9 Å². The van der Waals surface area contributed by atoms with Crippen molar-refractivity contribution in [2.75, 3.05) is 12.4 Å². The largest absolute Gasteiger partial charge is 0.497 e. The normalized spacial score (nSPS) is 11.9. The zero-order chi connectivity index (χ0) is 24.6. The fourth-order valence-electron chi connectivity index (χ4n) is 3.54. The Bertz CT molecular complexity index is 1290. The lowest BCUT2D eigenvalue weighted by Crippen LogP contribution is -2.12. The van der Waals surface area contributed by atoms with E-state index >= 15 is 0 Å². The van der Waals surface area contributed by atoms with Crippen molar-refractivity contribution in [1.82, 2.24) is 0 Å². The molecule has 0 radical (unpaired) electrons. The lowest BCUT2D eigenvalue weighted by atomic mass is 10.0. The molecule has 0 heterocycles. The van der Waals surface area contributed by atoms with E-state index in [9.17, 15) is 13.7 Å². The summed E-state index contributed by atoms with van der Waals surface area (Å²) in [5.41, 5.74) is 3.94. The van der Waals surface area contributed by atoms with Crippen molar-refractivity contribution in [3.63, 3.8) is 0 Å². The molecule has 0 aromatic heterocycles. The van der Waals surface area contributed by atoms with Crippen LogP contribution in [0.1, 0.15) is 30.5 Å². The van der Waals surface area contributed by atoms with Crippen LogP contribution in [0.4, 0.5) is 5.69 Å². The molecule has 0 spiro atoms. The average molecular weight is 493 g/mol. The first-order valence-electron chi connectivity index (χ1n) is 11.0. The number of nitrogens with one attached hydrogen (secondary N) is 1. The van der Waals surface area contributed by atoms with E-state index in [-0.39, 0.29) is 9.80 Å². The fraction of sp³-hybridized carbons (Fsp3) is 0.222. The Morgan fingerprint density at radius 2 is 1.62 bits per heavy atom. The molecule has 176 valence electrons. The minimum Gasteiger partial charge on any atom is -0.497 e. The third-order valence-electron chi connectivity index (χ3n) is 5.38. The molecule has 0 bridgehead atoms. The maximum absolute atomic E-state index is 13.5. The van der Waals surface area contributed by atoms with Gasteiger partial charge in [-0.2, -0.15) is 5.26 Å². The fourth-order valence-corrected chi connectivity index (χ4v) is 6.06. The number of para-hydroxylation sites is 1. The van der Waals surface area contributed by atoms with Crippen LogP contribution in [0, 0.1) is 11.3 Å². The van der Waals surface area contributed by atoms with Crippen LogP contribution >= 0.6 is 11.8 Å². The van der Waals surface area contributed by atoms with Crippen LogP contribution in [0.15, 0.2) is 87.6 Å². The van der Waals surface area contributed by atoms with Crippen molar-refractivity contribution in [3.8, 4) is 11.8 Å². The quantitative estimate of drug-likeness (QED) is 0.333. The van der Waals surface area contributed by atoms with E-state index in [0.29, 0.717) is 10.8 Å². The lowest BCUT2D eigenvalue weighted by molar-refractivity contribution is 0.414. The summed E-state index contributed by atoms with van der Waals surface area (Å²) in [6.07, 6.45) is 1.55. The van der Waals surface area contributed by atoms with E-state index in [4.69, 9.17) is 4.74 Å². The van der Waals surface area contributed by atoms with E-state index < -0.39 is 9.84 Å². The van der Waals surface area contributed by atoms with Gasteiger partial charge in [-0.1, -0.05) is 62.4 Å². The summed E-state index contributed by atoms with van der Waals surface area (Å²) in [6, 6.07) is 23.7. The molecule has 5 nitrogen and oxygen atoms in total. The summed E-state index contributed by atoms with van der Waals surface area (Å²) in [6.45, 7) is 4.11. The number of thioether (sulfide) groups is 1. The number of anilines is 1. The van der Waals surface area contributed by atoms with Gasteiger partial charge in [0.1, 0.15) is 16.8 Å². The highest BCUT2D eigenvalue weighted by atomic mass is 32.2. The van der Waals surface area contributed by atoms with E-state index in [2.05, 4.69) is 19.2 Å². The molecule has 0 amide bonds. The number of ether oxygens (including phenoxy) is 1. The zero-order valence-corrected chi connectivity index (χ0v) is 21.2. The third kappa shape index (κ3) is 5.82. The predicted octanol–water partition coefficient (Wildman–Crippen LogP) is 6.33. The lowest BCUT2D eigenvalue weighted by Gasteiger charge is -2.19. The van der Waals surface area contributed by atoms with Gasteiger partial charge in [0.25, 0.3) is 0 Å². The number of sulfone groups is 1. The topological polar surface area (TPSA) is 79.2 Å². The Balaban J connectivity index is 2.12. The van der Waals surface area contributed by atoms with Crippen molar-refractivity contribution in [3.05, 3.63) is 99.4 Å². The number of hydrogen-bond donors (Lipinski definition) is 1. The van der Waals surface area contributed by atoms with Gasteiger partial charge >= 0.3 is 0 Å². The van der Waals surface area contributed by atoms with Crippen LogP contribution in [0.3, 0.4) is 0 Å². The summed E-state index contributed by atoms with van der Waals surface area (Å²) in [5, 5.41) is 13.7. The molecule has 0 saturated carbocycles. The van der Waals surface area contributed by atoms with Gasteiger partial charge in [0.15, 0.2) is 4.91 Å². The van der Waals surface area contributed by atoms with Gasteiger partial charge in [-0.15, -0.1) is 11.8 Å². The highest BCUT2D eigenvalue weighted by Crippen LogP contribution is 2.34. The number of allylic oxidation sites excluding steroid dienone is 1. The Morgan fingerprint density at radius 3 is 2.21 bits per heavy atom. The zero-order valence-electron chi connectivity index (χ0n) is 19.5. The number of benzene rings is 3. The molecule has 0 aliphatic heterocycles. The van der Waals surface area contributed by atoms with E-state index in [1.807, 2.05) is 48.5 Å². The molecular formula is C27H28N2O3S2. The summed E-state index contributed by atoms with van der Waals surface area (Å²) < 4.78 is 32.2. The van der Waals surface area contributed by atoms with Gasteiger partial charge in [-0.05, 0) is 53.8 Å². The second-order valence-electron chi connectivity index (χ2n) is 7.51. The summed E-state index contributed by atoms with van der Waals surface area (Å²) in [7, 11) is -2.41. The highest BCUT2D eigenvalue weighted by molar-refractivity contribution is 8.04. The molecule has 0 aliphatic carbocycles. The van der Waals surface area contributed by atoms with Crippen molar-refractivity contribution >= 4 is 27.3 Å². The molecule has 0 saturated heterocycles. The summed E-state index contributed by atoms with van der Waals surface area (Å²) >= 11 is 1.29. The molecule has 3 aromatic carbocycles. The summed E-state index contributed by atoms with van der Waals surface area (Å²) in [4.78, 5) is -0.202. The number of nitrogens with zero attached hydrogens (tertiary/aromatic N) is 1. The highest BCUT2D eigenvalue weighted by Gasteiger charge is 2.26. The van der Waals surface area contributed by atoms with Crippen molar-refractivity contribution in [2.45, 2.75) is 37.3 Å². The Morgan fingerprint density at radius 1 is 0.971 bits per heavy atom. The van der Waals surface area contributed by atoms with Gasteiger partial charge in [-0.25, -0.2) is 8.42 Å². The molecule has 0 aliphatic rings. The second kappa shape index (κ2) is 11.8. The maximum Gasteiger partial charge on any atom is 0.219 e. The van der Waals surface area contributed by atoms with Gasteiger partial charge < -0.3 is 10.1 Å². The molecule has 34 heavy (non-hydrogen) atoms. The first-order chi connectivity index (χ1) is 16.4. The molecule has 7 heteroatoms. The minimum absolute atomic E-state index is 0.0901. The molecule has 0 unspecified atom stereocenters. The molecule has 0 fully saturated rings. The van der Waals surface area contributed by atoms with Crippen molar-refractivity contribution < 1.29 is 13.2 Å². The van der Waals surface area contributed by atoms with Gasteiger partial charge in [0.2, 0.25) is 9.84 Å². The van der Waals surface area contributed by atoms with Crippen molar-refractivity contribution in [2.24, 2.45) is 0 Å². The summed E-state index contributed by atoms with van der Waals surface area (Å²) in [5.74, 6) is 1.18. The standard InChI is InChI=1S/C27H28N2O3S2/c1-4-21-12-10-13-22(5-2)26(21)29-27(33-19-20-11-9-14-23(17-20)32-3)25(18-28)34(30,31)24-15-7-6-8-16-24/h6-17,29H,4-5,19H2,1-3H3/b27-25+. The number of nitriles is 1. The smallest absolute Gasteiger partial charge is 0.219 e. The first-order valence-corrected chi connectivity index (χ1v) is 13.5. The number of rotatable bonds is 10. The first kappa shape index (κ1) is 25.4. The van der Waals surface area contributed by atoms with Crippen LogP contribution in [0.2, 0.25) is 0 Å². The SMILES string of the molecule is CCc1cccc(CC)c1N/C(SCc1cccc(OC)c1)=C(/C#N)S(=O)(=O)c1ccccc1. The molecule has 3 rings (SSSR count). The third-order valence-corrected chi connectivity index (χ3v) is 8.31. The number of methoxy groups -OCH3 is 1. The minimum atomic E-state index is -4.02. The monoisotopic (exact) mass is 492 g/mol. The van der Waals surface area contributed by atoms with Crippen molar-refractivity contribution in [1.29, 1.82) is 5.26 Å². The Labute approximate surface area is 206 Å². The van der Waals surface area contributed by atoms with Gasteiger partial charge in [0, 0.05) is 11.4 Å². The van der Waals surface area contributed by atoms with Gasteiger partial charge in [-0.3, -0.25) is 0 Å². The van der Waals surface area contributed by atoms with Crippen LogP contribution in [0.25, 0.3) is 0 Å². The van der Waals surface area contributed by atoms with Crippen LogP contribution < -0.4 is 10.1 Å². The number of aryl methyl sites for hydroxylation is 2. The van der Waals surface area contributed by atoms with E-state index in [1.54, 1.807) is 25.3 Å². The second-order valence-corrected chi connectivity index (χ2v) is 10.4. The van der Waals surface area contributed by atoms with Crippen LogP contribution in [0.5, 0.6) is 5.75 Å². The van der Waals surface area contributed by atoms with Crippen LogP contribution in [-0.4, -0.2) is 15.5 Å². The molecular weight excluding hydrogens is 464 g/mol. The average Bonchev–Trinajstić information content (AvgIpc) is 2.88.